The van der Waals surface area contributed by atoms with E-state index in [4.69, 9.17) is 0 Å². The molecule has 0 aromatic rings. The standard InChI is InChI=1S/C8H16N6.ClH/c1-5-8(13-9-3,14-10-4)12-7-11-6-2;/h5-6H2,1-4H3;1H. The Morgan fingerprint density at radius 2 is 1.60 bits per heavy atom. The van der Waals surface area contributed by atoms with Crippen molar-refractivity contribution < 1.29 is 0 Å². The molecule has 0 aromatic heterocycles. The van der Waals surface area contributed by atoms with Crippen molar-refractivity contribution in [1.82, 2.24) is 0 Å². The average molecular weight is 233 g/mol. The molecule has 0 atom stereocenters. The molecule has 0 amide bonds. The molecule has 0 fully saturated rings. The third-order valence-corrected chi connectivity index (χ3v) is 1.45. The van der Waals surface area contributed by atoms with E-state index in [0.29, 0.717) is 13.0 Å². The monoisotopic (exact) mass is 232 g/mol. The van der Waals surface area contributed by atoms with Gasteiger partial charge in [-0.25, -0.2) is 4.99 Å². The fourth-order valence-corrected chi connectivity index (χ4v) is 0.792. The first kappa shape index (κ1) is 16.3. The second-order valence-electron chi connectivity index (χ2n) is 2.41. The van der Waals surface area contributed by atoms with Gasteiger partial charge in [-0.15, -0.1) is 22.6 Å². The Bertz CT molecular complexity index is 254. The van der Waals surface area contributed by atoms with Gasteiger partial charge in [0.25, 0.3) is 5.79 Å². The molecular weight excluding hydrogens is 216 g/mol. The Balaban J connectivity index is 0. The summed E-state index contributed by atoms with van der Waals surface area (Å²) in [6.07, 6.45) is 0.577. The van der Waals surface area contributed by atoms with Crippen LogP contribution in [-0.2, 0) is 0 Å². The zero-order chi connectivity index (χ0) is 10.9. The molecule has 0 rings (SSSR count). The maximum Gasteiger partial charge on any atom is 0.289 e. The summed E-state index contributed by atoms with van der Waals surface area (Å²) in [4.78, 5) is 7.85. The summed E-state index contributed by atoms with van der Waals surface area (Å²) in [5, 5.41) is 15.2. The molecule has 15 heavy (non-hydrogen) atoms. The van der Waals surface area contributed by atoms with E-state index in [2.05, 4.69) is 36.5 Å². The van der Waals surface area contributed by atoms with E-state index in [1.165, 1.54) is 0 Å². The lowest BCUT2D eigenvalue weighted by Gasteiger charge is -2.12. The third-order valence-electron chi connectivity index (χ3n) is 1.45. The third kappa shape index (κ3) is 6.04. The molecule has 0 N–H and O–H groups in total. The Kier molecular flexibility index (Phi) is 10.2. The van der Waals surface area contributed by atoms with Crippen molar-refractivity contribution >= 4 is 18.4 Å². The molecular formula is C8H17ClN6. The number of aliphatic imine (C=N–C) groups is 2. The molecule has 0 bridgehead atoms. The maximum atomic E-state index is 4.01. The fourth-order valence-electron chi connectivity index (χ4n) is 0.792. The van der Waals surface area contributed by atoms with Crippen molar-refractivity contribution in [1.29, 1.82) is 0 Å². The van der Waals surface area contributed by atoms with Gasteiger partial charge >= 0.3 is 0 Å². The Morgan fingerprint density at radius 3 is 1.93 bits per heavy atom. The minimum absolute atomic E-state index is 0. The van der Waals surface area contributed by atoms with E-state index in [1.54, 1.807) is 14.1 Å². The largest absolute Gasteiger partial charge is 0.289 e. The van der Waals surface area contributed by atoms with E-state index in [1.807, 2.05) is 13.8 Å². The lowest BCUT2D eigenvalue weighted by molar-refractivity contribution is 0.412. The van der Waals surface area contributed by atoms with Crippen LogP contribution < -0.4 is 0 Å². The van der Waals surface area contributed by atoms with Gasteiger partial charge in [-0.1, -0.05) is 6.92 Å². The zero-order valence-electron chi connectivity index (χ0n) is 9.51. The van der Waals surface area contributed by atoms with Gasteiger partial charge in [0.15, 0.2) is 0 Å². The second-order valence-corrected chi connectivity index (χ2v) is 2.41. The molecule has 0 aliphatic carbocycles. The lowest BCUT2D eigenvalue weighted by atomic mass is 10.3. The van der Waals surface area contributed by atoms with Crippen molar-refractivity contribution in [2.45, 2.75) is 26.1 Å². The van der Waals surface area contributed by atoms with Crippen LogP contribution in [0.5, 0.6) is 0 Å². The molecule has 0 radical (unpaired) electrons. The second kappa shape index (κ2) is 9.43. The van der Waals surface area contributed by atoms with Gasteiger partial charge in [-0.05, 0) is 6.92 Å². The predicted molar refractivity (Wildman–Crippen MR) is 62.2 cm³/mol. The first-order chi connectivity index (χ1) is 6.74. The van der Waals surface area contributed by atoms with E-state index in [0.717, 1.165) is 0 Å². The molecule has 0 aliphatic rings. The number of halogens is 1. The normalized spacial score (nSPS) is 14.4. The Morgan fingerprint density at radius 1 is 1.07 bits per heavy atom. The summed E-state index contributed by atoms with van der Waals surface area (Å²) in [6.45, 7) is 4.44. The van der Waals surface area contributed by atoms with Crippen LogP contribution in [0.25, 0.3) is 0 Å². The van der Waals surface area contributed by atoms with Crippen LogP contribution in [0.2, 0.25) is 0 Å². The molecule has 0 aliphatic heterocycles. The molecule has 0 saturated heterocycles. The topological polar surface area (TPSA) is 74.2 Å². The van der Waals surface area contributed by atoms with Gasteiger partial charge in [0.1, 0.15) is 0 Å². The molecule has 0 unspecified atom stereocenters. The summed E-state index contributed by atoms with van der Waals surface area (Å²) in [5.41, 5.74) is 0. The van der Waals surface area contributed by atoms with E-state index in [-0.39, 0.29) is 12.4 Å². The van der Waals surface area contributed by atoms with Crippen molar-refractivity contribution in [2.24, 2.45) is 30.4 Å². The Hall–Kier alpha value is -1.13. The molecule has 0 spiro atoms. The van der Waals surface area contributed by atoms with Crippen LogP contribution in [0.15, 0.2) is 30.4 Å². The Labute approximate surface area is 96.1 Å². The minimum Gasteiger partial charge on any atom is -0.226 e. The number of rotatable bonds is 5. The SMILES string of the molecule is CCN=C=NC(CC)(N=NC)N=NC.Cl. The molecule has 0 heterocycles. The lowest BCUT2D eigenvalue weighted by Crippen LogP contribution is -2.18. The molecule has 7 heteroatoms. The highest BCUT2D eigenvalue weighted by Gasteiger charge is 2.25. The van der Waals surface area contributed by atoms with E-state index in [9.17, 15) is 0 Å². The summed E-state index contributed by atoms with van der Waals surface area (Å²) in [5.74, 6) is -0.970. The first-order valence-corrected chi connectivity index (χ1v) is 4.50. The van der Waals surface area contributed by atoms with Crippen molar-refractivity contribution in [3.63, 3.8) is 0 Å². The van der Waals surface area contributed by atoms with Crippen LogP contribution in [-0.4, -0.2) is 32.4 Å². The highest BCUT2D eigenvalue weighted by Crippen LogP contribution is 2.19. The van der Waals surface area contributed by atoms with Gasteiger partial charge in [0.2, 0.25) is 0 Å². The molecule has 0 saturated carbocycles. The predicted octanol–water partition coefficient (Wildman–Crippen LogP) is 2.83. The van der Waals surface area contributed by atoms with Crippen molar-refractivity contribution in [3.8, 4) is 0 Å². The molecule has 0 aromatic carbocycles. The van der Waals surface area contributed by atoms with Crippen molar-refractivity contribution in [3.05, 3.63) is 0 Å². The van der Waals surface area contributed by atoms with Crippen LogP contribution in [0.4, 0.5) is 0 Å². The van der Waals surface area contributed by atoms with E-state index < -0.39 is 5.79 Å². The number of hydrogen-bond donors (Lipinski definition) is 0. The van der Waals surface area contributed by atoms with Crippen LogP contribution >= 0.6 is 12.4 Å². The van der Waals surface area contributed by atoms with Crippen LogP contribution in [0, 0.1) is 0 Å². The quantitative estimate of drug-likeness (QED) is 0.516. The number of nitrogens with zero attached hydrogens (tertiary/aromatic N) is 6. The van der Waals surface area contributed by atoms with Gasteiger partial charge in [-0.3, -0.25) is 0 Å². The van der Waals surface area contributed by atoms with Gasteiger partial charge in [0, 0.05) is 27.1 Å². The number of hydrogen-bond acceptors (Lipinski definition) is 6. The minimum atomic E-state index is -0.970. The average Bonchev–Trinajstić information content (AvgIpc) is 2.19. The van der Waals surface area contributed by atoms with Crippen molar-refractivity contribution in [2.75, 3.05) is 20.6 Å². The highest BCUT2D eigenvalue weighted by molar-refractivity contribution is 5.85. The highest BCUT2D eigenvalue weighted by atomic mass is 35.5. The summed E-state index contributed by atoms with van der Waals surface area (Å²) < 4.78 is 0. The fraction of sp³-hybridized carbons (Fsp3) is 0.875. The van der Waals surface area contributed by atoms with Gasteiger partial charge in [0.05, 0.1) is 6.01 Å². The van der Waals surface area contributed by atoms with Crippen LogP contribution in [0.1, 0.15) is 20.3 Å². The first-order valence-electron chi connectivity index (χ1n) is 4.50. The van der Waals surface area contributed by atoms with Gasteiger partial charge < -0.3 is 0 Å². The summed E-state index contributed by atoms with van der Waals surface area (Å²) in [7, 11) is 3.14. The van der Waals surface area contributed by atoms with E-state index >= 15 is 0 Å². The number of azo groups is 2. The zero-order valence-corrected chi connectivity index (χ0v) is 10.3. The molecule has 86 valence electrons. The molecule has 6 nitrogen and oxygen atoms in total. The smallest absolute Gasteiger partial charge is 0.226 e. The summed E-state index contributed by atoms with van der Waals surface area (Å²) >= 11 is 0. The maximum absolute atomic E-state index is 4.01. The van der Waals surface area contributed by atoms with Crippen LogP contribution in [0.3, 0.4) is 0 Å². The summed E-state index contributed by atoms with van der Waals surface area (Å²) in [6, 6.07) is 2.54. The van der Waals surface area contributed by atoms with Gasteiger partial charge in [-0.2, -0.15) is 15.2 Å².